The minimum Gasteiger partial charge on any atom is -0.462 e. The van der Waals surface area contributed by atoms with E-state index in [9.17, 15) is 9.59 Å². The average Bonchev–Trinajstić information content (AvgIpc) is 2.93. The number of anilines is 1. The van der Waals surface area contributed by atoms with E-state index in [4.69, 9.17) is 4.74 Å². The molecule has 0 aliphatic rings. The third kappa shape index (κ3) is 5.69. The first kappa shape index (κ1) is 18.5. The predicted molar refractivity (Wildman–Crippen MR) is 100 cm³/mol. The molecule has 24 heavy (non-hydrogen) atoms. The van der Waals surface area contributed by atoms with Gasteiger partial charge in [-0.2, -0.15) is 0 Å². The van der Waals surface area contributed by atoms with Gasteiger partial charge in [0.25, 0.3) is 0 Å². The number of hydrogen-bond donors (Lipinski definition) is 1. The molecule has 0 bridgehead atoms. The minimum absolute atomic E-state index is 0.0275. The molecule has 2 rings (SSSR count). The number of carbonyl (C=O) groups excluding carboxylic acids is 2. The fraction of sp³-hybridized carbons (Fsp3) is 0.333. The summed E-state index contributed by atoms with van der Waals surface area (Å²) in [6, 6.07) is 12.0. The molecule has 1 amide bonds. The molecule has 0 spiro atoms. The standard InChI is InChI=1S/C18H21NO3S2/c1-3-22-18(21)17-13(2)12-16(24-17)19-15(20)10-7-11-23-14-8-5-4-6-9-14/h4-6,8-9,12H,3,7,10-11H2,1-2H3,(H,19,20). The molecule has 1 aromatic heterocycles. The number of nitrogens with one attached hydrogen (secondary N) is 1. The second kappa shape index (κ2) is 9.49. The minimum atomic E-state index is -0.334. The third-order valence-corrected chi connectivity index (χ3v) is 5.43. The van der Waals surface area contributed by atoms with Gasteiger partial charge in [-0.05, 0) is 49.8 Å². The van der Waals surface area contributed by atoms with Gasteiger partial charge in [-0.1, -0.05) is 18.2 Å². The first-order valence-electron chi connectivity index (χ1n) is 7.85. The Balaban J connectivity index is 1.76. The number of amides is 1. The molecule has 0 unspecified atom stereocenters. The topological polar surface area (TPSA) is 55.4 Å². The van der Waals surface area contributed by atoms with Crippen LogP contribution in [0.4, 0.5) is 5.00 Å². The van der Waals surface area contributed by atoms with E-state index in [2.05, 4.69) is 17.4 Å². The number of esters is 1. The van der Waals surface area contributed by atoms with Crippen LogP contribution in [0.15, 0.2) is 41.3 Å². The average molecular weight is 364 g/mol. The highest BCUT2D eigenvalue weighted by Crippen LogP contribution is 2.27. The van der Waals surface area contributed by atoms with Crippen molar-refractivity contribution in [3.05, 3.63) is 46.8 Å². The largest absolute Gasteiger partial charge is 0.462 e. The van der Waals surface area contributed by atoms with Gasteiger partial charge in [0.15, 0.2) is 0 Å². The maximum atomic E-state index is 12.0. The molecule has 6 heteroatoms. The van der Waals surface area contributed by atoms with E-state index < -0.39 is 0 Å². The maximum Gasteiger partial charge on any atom is 0.348 e. The molecule has 1 aromatic carbocycles. The Labute approximate surface area is 150 Å². The van der Waals surface area contributed by atoms with Crippen molar-refractivity contribution in [2.45, 2.75) is 31.6 Å². The van der Waals surface area contributed by atoms with Crippen LogP contribution < -0.4 is 5.32 Å². The van der Waals surface area contributed by atoms with Gasteiger partial charge >= 0.3 is 5.97 Å². The molecule has 1 N–H and O–H groups in total. The van der Waals surface area contributed by atoms with E-state index >= 15 is 0 Å². The molecule has 1 heterocycles. The van der Waals surface area contributed by atoms with Crippen LogP contribution in [0.5, 0.6) is 0 Å². The van der Waals surface area contributed by atoms with E-state index in [0.717, 1.165) is 17.7 Å². The Hall–Kier alpha value is -1.79. The van der Waals surface area contributed by atoms with Gasteiger partial charge in [-0.15, -0.1) is 23.1 Å². The molecule has 0 saturated carbocycles. The highest BCUT2D eigenvalue weighted by molar-refractivity contribution is 7.99. The lowest BCUT2D eigenvalue weighted by Gasteiger charge is -2.03. The fourth-order valence-corrected chi connectivity index (χ4v) is 3.94. The van der Waals surface area contributed by atoms with Crippen LogP contribution >= 0.6 is 23.1 Å². The molecule has 0 radical (unpaired) electrons. The van der Waals surface area contributed by atoms with Crippen LogP contribution in [0.2, 0.25) is 0 Å². The smallest absolute Gasteiger partial charge is 0.348 e. The molecule has 4 nitrogen and oxygen atoms in total. The van der Waals surface area contributed by atoms with E-state index in [1.165, 1.54) is 16.2 Å². The van der Waals surface area contributed by atoms with E-state index in [-0.39, 0.29) is 11.9 Å². The van der Waals surface area contributed by atoms with Crippen molar-refractivity contribution in [2.24, 2.45) is 0 Å². The number of hydrogen-bond acceptors (Lipinski definition) is 5. The molecule has 0 fully saturated rings. The summed E-state index contributed by atoms with van der Waals surface area (Å²) in [5.74, 6) is 0.537. The highest BCUT2D eigenvalue weighted by atomic mass is 32.2. The second-order valence-electron chi connectivity index (χ2n) is 5.16. The Bertz CT molecular complexity index is 683. The van der Waals surface area contributed by atoms with Crippen molar-refractivity contribution < 1.29 is 14.3 Å². The summed E-state index contributed by atoms with van der Waals surface area (Å²) in [4.78, 5) is 25.6. The zero-order chi connectivity index (χ0) is 17.4. The van der Waals surface area contributed by atoms with Crippen LogP contribution in [-0.4, -0.2) is 24.2 Å². The zero-order valence-electron chi connectivity index (χ0n) is 13.8. The second-order valence-corrected chi connectivity index (χ2v) is 7.38. The SMILES string of the molecule is CCOC(=O)c1sc(NC(=O)CCCSc2ccccc2)cc1C. The summed E-state index contributed by atoms with van der Waals surface area (Å²) in [5.41, 5.74) is 0.827. The van der Waals surface area contributed by atoms with Gasteiger partial charge in [-0.25, -0.2) is 4.79 Å². The lowest BCUT2D eigenvalue weighted by atomic mass is 10.3. The fourth-order valence-electron chi connectivity index (χ4n) is 2.08. The number of ether oxygens (including phenoxy) is 1. The number of carbonyl (C=O) groups is 2. The van der Waals surface area contributed by atoms with Crippen molar-refractivity contribution in [1.29, 1.82) is 0 Å². The van der Waals surface area contributed by atoms with Crippen molar-refractivity contribution in [3.63, 3.8) is 0 Å². The maximum absolute atomic E-state index is 12.0. The Morgan fingerprint density at radius 3 is 2.71 bits per heavy atom. The van der Waals surface area contributed by atoms with Crippen LogP contribution in [0.1, 0.15) is 35.0 Å². The van der Waals surface area contributed by atoms with Gasteiger partial charge in [0.1, 0.15) is 4.88 Å². The summed E-state index contributed by atoms with van der Waals surface area (Å²) in [6.07, 6.45) is 1.27. The number of aryl methyl sites for hydroxylation is 1. The van der Waals surface area contributed by atoms with Crippen molar-refractivity contribution in [2.75, 3.05) is 17.7 Å². The lowest BCUT2D eigenvalue weighted by Crippen LogP contribution is -2.10. The quantitative estimate of drug-likeness (QED) is 0.418. The lowest BCUT2D eigenvalue weighted by molar-refractivity contribution is -0.116. The summed E-state index contributed by atoms with van der Waals surface area (Å²) >= 11 is 3.01. The molecule has 2 aromatic rings. The first-order chi connectivity index (χ1) is 11.6. The van der Waals surface area contributed by atoms with Crippen molar-refractivity contribution in [1.82, 2.24) is 0 Å². The number of thiophene rings is 1. The first-order valence-corrected chi connectivity index (χ1v) is 9.65. The summed E-state index contributed by atoms with van der Waals surface area (Å²) in [5, 5.41) is 3.55. The van der Waals surface area contributed by atoms with Crippen LogP contribution in [0.3, 0.4) is 0 Å². The molecule has 0 atom stereocenters. The van der Waals surface area contributed by atoms with E-state index in [1.807, 2.05) is 31.2 Å². The zero-order valence-corrected chi connectivity index (χ0v) is 15.5. The highest BCUT2D eigenvalue weighted by Gasteiger charge is 2.15. The molecule has 0 aliphatic heterocycles. The molecule has 0 saturated heterocycles. The monoisotopic (exact) mass is 363 g/mol. The molecule has 0 aliphatic carbocycles. The number of benzene rings is 1. The van der Waals surface area contributed by atoms with E-state index in [1.54, 1.807) is 18.7 Å². The van der Waals surface area contributed by atoms with Gasteiger partial charge in [0.2, 0.25) is 5.91 Å². The van der Waals surface area contributed by atoms with Crippen LogP contribution in [0, 0.1) is 6.92 Å². The Kier molecular flexibility index (Phi) is 7.34. The van der Waals surface area contributed by atoms with Crippen molar-refractivity contribution >= 4 is 40.0 Å². The van der Waals surface area contributed by atoms with Gasteiger partial charge in [0, 0.05) is 11.3 Å². The number of rotatable bonds is 8. The molecule has 128 valence electrons. The Morgan fingerprint density at radius 1 is 1.25 bits per heavy atom. The molecular weight excluding hydrogens is 342 g/mol. The third-order valence-electron chi connectivity index (χ3n) is 3.20. The van der Waals surface area contributed by atoms with Crippen molar-refractivity contribution in [3.8, 4) is 0 Å². The Morgan fingerprint density at radius 2 is 2.00 bits per heavy atom. The van der Waals surface area contributed by atoms with Gasteiger partial charge < -0.3 is 10.1 Å². The predicted octanol–water partition coefficient (Wildman–Crippen LogP) is 4.74. The van der Waals surface area contributed by atoms with Crippen LogP contribution in [0.25, 0.3) is 0 Å². The van der Waals surface area contributed by atoms with Gasteiger partial charge in [-0.3, -0.25) is 4.79 Å². The summed E-state index contributed by atoms with van der Waals surface area (Å²) in [7, 11) is 0. The van der Waals surface area contributed by atoms with Crippen LogP contribution in [-0.2, 0) is 9.53 Å². The normalized spacial score (nSPS) is 10.4. The van der Waals surface area contributed by atoms with E-state index in [0.29, 0.717) is 22.9 Å². The summed E-state index contributed by atoms with van der Waals surface area (Å²) < 4.78 is 5.00. The van der Waals surface area contributed by atoms with Gasteiger partial charge in [0.05, 0.1) is 11.6 Å². The summed E-state index contributed by atoms with van der Waals surface area (Å²) in [6.45, 7) is 3.96. The number of thioether (sulfide) groups is 1. The molecular formula is C18H21NO3S2.